The molecule has 0 saturated carbocycles. The van der Waals surface area contributed by atoms with Crippen molar-refractivity contribution in [3.8, 4) is 77.9 Å². The van der Waals surface area contributed by atoms with Crippen LogP contribution in [0.1, 0.15) is 0 Å². The summed E-state index contributed by atoms with van der Waals surface area (Å²) in [5, 5.41) is 0. The molecule has 8 heterocycles. The quantitative estimate of drug-likeness (QED) is 0.163. The molecule has 0 aliphatic carbocycles. The summed E-state index contributed by atoms with van der Waals surface area (Å²) < 4.78 is 46.6. The van der Waals surface area contributed by atoms with Crippen LogP contribution in [0, 0.1) is 0 Å². The molecule has 206 valence electrons. The zero-order valence-electron chi connectivity index (χ0n) is 21.3. The molecule has 10 heteroatoms. The normalized spacial score (nSPS) is 11.6. The van der Waals surface area contributed by atoms with E-state index in [0.717, 1.165) is 86.8 Å². The lowest BCUT2D eigenvalue weighted by molar-refractivity contribution is 0.563. The van der Waals surface area contributed by atoms with Gasteiger partial charge >= 0.3 is 0 Å². The van der Waals surface area contributed by atoms with Crippen molar-refractivity contribution in [2.45, 2.75) is 0 Å². The first-order valence-corrected chi connectivity index (χ1v) is 14.1. The van der Waals surface area contributed by atoms with Crippen LogP contribution in [-0.2, 0) is 0 Å². The smallest absolute Gasteiger partial charge is 0.105 e. The molecule has 8 aromatic rings. The molecule has 0 saturated heterocycles. The van der Waals surface area contributed by atoms with E-state index in [1.165, 1.54) is 0 Å². The van der Waals surface area contributed by atoms with Crippen LogP contribution in [0.2, 0.25) is 0 Å². The van der Waals surface area contributed by atoms with Crippen molar-refractivity contribution >= 4 is 31.9 Å². The molecule has 0 unspecified atom stereocenters. The molecular formula is C32H16Br2O8. The summed E-state index contributed by atoms with van der Waals surface area (Å²) in [7, 11) is 0. The van der Waals surface area contributed by atoms with Crippen molar-refractivity contribution in [3.63, 3.8) is 0 Å². The predicted octanol–water partition coefficient (Wildman–Crippen LogP) is 11.6. The van der Waals surface area contributed by atoms with Gasteiger partial charge in [0, 0.05) is 77.9 Å². The summed E-state index contributed by atoms with van der Waals surface area (Å²) >= 11 is 7.08. The Morgan fingerprint density at radius 3 is 0.524 bits per heavy atom. The second-order valence-electron chi connectivity index (χ2n) is 9.46. The lowest BCUT2D eigenvalue weighted by atomic mass is 9.91. The van der Waals surface area contributed by atoms with Gasteiger partial charge in [0.15, 0.2) is 0 Å². The maximum absolute atomic E-state index is 5.76. The summed E-state index contributed by atoms with van der Waals surface area (Å²) in [5.41, 5.74) is 11.7. The van der Waals surface area contributed by atoms with E-state index < -0.39 is 0 Å². The van der Waals surface area contributed by atoms with Gasteiger partial charge in [-0.3, -0.25) is 0 Å². The van der Waals surface area contributed by atoms with Gasteiger partial charge in [-0.25, -0.2) is 0 Å². The van der Waals surface area contributed by atoms with E-state index in [0.29, 0.717) is 0 Å². The van der Waals surface area contributed by atoms with Crippen LogP contribution in [0.3, 0.4) is 0 Å². The molecule has 0 atom stereocenters. The highest BCUT2D eigenvalue weighted by atomic mass is 79.9. The molecule has 8 aromatic heterocycles. The van der Waals surface area contributed by atoms with Gasteiger partial charge in [0.2, 0.25) is 0 Å². The fourth-order valence-corrected chi connectivity index (χ4v) is 6.06. The molecule has 0 aromatic carbocycles. The zero-order valence-corrected chi connectivity index (χ0v) is 24.4. The van der Waals surface area contributed by atoms with Gasteiger partial charge in [-0.15, -0.1) is 0 Å². The van der Waals surface area contributed by atoms with E-state index in [4.69, 9.17) is 35.3 Å². The fraction of sp³-hybridized carbons (Fsp3) is 0. The SMILES string of the molecule is Brc1cocc1-c1cocc1-c1cocc1-c1cocc1-c1cocc1-c1cocc1-c1cocc1-c1cocc1Br. The summed E-state index contributed by atoms with van der Waals surface area (Å²) in [6.07, 6.45) is 26.8. The standard InChI is InChI=1S/C32H16Br2O8/c33-31-15-41-13-29(31)27-11-39-9-25(27)23-7-37-5-21(23)19-3-35-1-17(19)18-2-36-4-20(18)22-6-38-8-24(22)26-10-40-12-28(26)30-14-42-16-32(30)34/h1-16H. The molecule has 0 aliphatic rings. The minimum Gasteiger partial charge on any atom is -0.471 e. The van der Waals surface area contributed by atoms with Gasteiger partial charge in [0.1, 0.15) is 12.5 Å². The van der Waals surface area contributed by atoms with Crippen molar-refractivity contribution in [1.82, 2.24) is 0 Å². The Hall–Kier alpha value is -4.80. The van der Waals surface area contributed by atoms with Crippen molar-refractivity contribution < 1.29 is 35.3 Å². The van der Waals surface area contributed by atoms with Gasteiger partial charge < -0.3 is 35.3 Å². The van der Waals surface area contributed by atoms with Gasteiger partial charge in [0.05, 0.1) is 96.6 Å². The molecule has 0 aliphatic heterocycles. The van der Waals surface area contributed by atoms with Gasteiger partial charge in [-0.05, 0) is 31.9 Å². The number of furan rings is 8. The van der Waals surface area contributed by atoms with Crippen molar-refractivity contribution in [2.24, 2.45) is 0 Å². The predicted molar refractivity (Wildman–Crippen MR) is 158 cm³/mol. The first kappa shape index (κ1) is 25.0. The number of hydrogen-bond donors (Lipinski definition) is 0. The Bertz CT molecular complexity index is 2000. The highest BCUT2D eigenvalue weighted by molar-refractivity contribution is 9.11. The van der Waals surface area contributed by atoms with Crippen LogP contribution in [0.4, 0.5) is 0 Å². The first-order valence-electron chi connectivity index (χ1n) is 12.5. The fourth-order valence-electron chi connectivity index (χ4n) is 5.23. The molecule has 0 amide bonds. The Labute approximate surface area is 253 Å². The van der Waals surface area contributed by atoms with Gasteiger partial charge in [-0.2, -0.15) is 0 Å². The minimum absolute atomic E-state index is 0.813. The van der Waals surface area contributed by atoms with Crippen molar-refractivity contribution in [2.75, 3.05) is 0 Å². The highest BCUT2D eigenvalue weighted by Crippen LogP contribution is 2.48. The summed E-state index contributed by atoms with van der Waals surface area (Å²) in [5.74, 6) is 0. The monoisotopic (exact) mass is 686 g/mol. The Kier molecular flexibility index (Phi) is 5.90. The largest absolute Gasteiger partial charge is 0.471 e. The maximum atomic E-state index is 5.76. The molecule has 0 fully saturated rings. The van der Waals surface area contributed by atoms with Gasteiger partial charge in [-0.1, -0.05) is 0 Å². The maximum Gasteiger partial charge on any atom is 0.105 e. The third-order valence-corrected chi connectivity index (χ3v) is 8.46. The van der Waals surface area contributed by atoms with Crippen molar-refractivity contribution in [1.29, 1.82) is 0 Å². The van der Waals surface area contributed by atoms with E-state index in [-0.39, 0.29) is 0 Å². The van der Waals surface area contributed by atoms with Crippen LogP contribution in [0.15, 0.2) is 144 Å². The average molecular weight is 688 g/mol. The Morgan fingerprint density at radius 1 is 0.214 bits per heavy atom. The first-order chi connectivity index (χ1) is 20.7. The summed E-state index contributed by atoms with van der Waals surface area (Å²) in [4.78, 5) is 0. The van der Waals surface area contributed by atoms with E-state index >= 15 is 0 Å². The molecular weight excluding hydrogens is 672 g/mol. The third-order valence-electron chi connectivity index (χ3n) is 7.23. The third kappa shape index (κ3) is 3.87. The number of halogens is 2. The summed E-state index contributed by atoms with van der Waals surface area (Å²) in [6.45, 7) is 0. The second kappa shape index (κ2) is 9.93. The second-order valence-corrected chi connectivity index (χ2v) is 11.2. The average Bonchev–Trinajstić information content (AvgIpc) is 3.82. The number of rotatable bonds is 7. The lowest BCUT2D eigenvalue weighted by Crippen LogP contribution is -1.85. The molecule has 42 heavy (non-hydrogen) atoms. The molecule has 8 rings (SSSR count). The van der Waals surface area contributed by atoms with Crippen LogP contribution in [0.25, 0.3) is 77.9 Å². The van der Waals surface area contributed by atoms with Crippen molar-refractivity contribution in [3.05, 3.63) is 109 Å². The molecule has 0 bridgehead atoms. The van der Waals surface area contributed by atoms with Gasteiger partial charge in [0.25, 0.3) is 0 Å². The van der Waals surface area contributed by atoms with E-state index in [1.807, 2.05) is 0 Å². The lowest BCUT2D eigenvalue weighted by Gasteiger charge is -2.07. The van der Waals surface area contributed by atoms with E-state index in [9.17, 15) is 0 Å². The topological polar surface area (TPSA) is 105 Å². The molecule has 0 N–H and O–H groups in total. The minimum atomic E-state index is 0.813. The Balaban J connectivity index is 1.22. The number of hydrogen-bond acceptors (Lipinski definition) is 8. The van der Waals surface area contributed by atoms with E-state index in [2.05, 4.69) is 31.9 Å². The van der Waals surface area contributed by atoms with Crippen LogP contribution in [-0.4, -0.2) is 0 Å². The van der Waals surface area contributed by atoms with E-state index in [1.54, 1.807) is 100 Å². The zero-order chi connectivity index (χ0) is 28.2. The highest BCUT2D eigenvalue weighted by Gasteiger charge is 2.26. The molecule has 8 nitrogen and oxygen atoms in total. The molecule has 0 spiro atoms. The van der Waals surface area contributed by atoms with Crippen LogP contribution < -0.4 is 0 Å². The van der Waals surface area contributed by atoms with Crippen LogP contribution >= 0.6 is 31.9 Å². The summed E-state index contributed by atoms with van der Waals surface area (Å²) in [6, 6.07) is 0. The van der Waals surface area contributed by atoms with Crippen LogP contribution in [0.5, 0.6) is 0 Å². The Morgan fingerprint density at radius 2 is 0.357 bits per heavy atom. The molecule has 0 radical (unpaired) electrons.